The maximum atomic E-state index is 13.5. The molecule has 0 aromatic heterocycles. The standard InChI is InChI=1S/C31H35N3O/c1-21-3-8-24(9-4-21)28-22(2)5-12-27(35)29(26-13-15-31(16-14-26)17-18-33-20-31)34-30(28)25-10-6-23(19-32)7-11-25/h3-4,6-11,22,26,33H,5,12-18,20H2,1-2H3/b30-28+,34-29-. The van der Waals surface area contributed by atoms with E-state index in [2.05, 4.69) is 49.5 Å². The molecule has 2 aliphatic heterocycles. The van der Waals surface area contributed by atoms with Crippen LogP contribution in [0.1, 0.15) is 74.1 Å². The Bertz CT molecular complexity index is 1180. The van der Waals surface area contributed by atoms with Gasteiger partial charge in [-0.25, -0.2) is 4.99 Å². The van der Waals surface area contributed by atoms with Gasteiger partial charge in [-0.3, -0.25) is 4.79 Å². The average molecular weight is 466 g/mol. The maximum absolute atomic E-state index is 13.5. The zero-order valence-electron chi connectivity index (χ0n) is 20.9. The molecule has 1 aliphatic carbocycles. The maximum Gasteiger partial charge on any atom is 0.177 e. The van der Waals surface area contributed by atoms with Crippen molar-refractivity contribution >= 4 is 22.8 Å². The van der Waals surface area contributed by atoms with Crippen LogP contribution in [0.4, 0.5) is 0 Å². The lowest BCUT2D eigenvalue weighted by molar-refractivity contribution is -0.113. The first-order valence-corrected chi connectivity index (χ1v) is 13.1. The molecule has 0 bridgehead atoms. The lowest BCUT2D eigenvalue weighted by Gasteiger charge is -2.37. The number of nitrogens with zero attached hydrogens (tertiary/aromatic N) is 2. The van der Waals surface area contributed by atoms with Crippen LogP contribution in [0.5, 0.6) is 0 Å². The second kappa shape index (κ2) is 9.91. The summed E-state index contributed by atoms with van der Waals surface area (Å²) >= 11 is 0. The summed E-state index contributed by atoms with van der Waals surface area (Å²) < 4.78 is 0. The van der Waals surface area contributed by atoms with Crippen LogP contribution in [0.3, 0.4) is 0 Å². The zero-order chi connectivity index (χ0) is 24.4. The molecule has 2 heterocycles. The number of benzene rings is 2. The summed E-state index contributed by atoms with van der Waals surface area (Å²) in [5.74, 6) is 0.656. The molecule has 1 N–H and O–H groups in total. The number of nitrogens with one attached hydrogen (secondary N) is 1. The van der Waals surface area contributed by atoms with Gasteiger partial charge in [0.05, 0.1) is 23.0 Å². The molecule has 3 aliphatic rings. The van der Waals surface area contributed by atoms with E-state index < -0.39 is 0 Å². The zero-order valence-corrected chi connectivity index (χ0v) is 20.9. The average Bonchev–Trinajstić information content (AvgIpc) is 3.34. The minimum Gasteiger partial charge on any atom is -0.316 e. The van der Waals surface area contributed by atoms with Crippen LogP contribution in [-0.2, 0) is 4.79 Å². The largest absolute Gasteiger partial charge is 0.316 e. The fourth-order valence-electron chi connectivity index (χ4n) is 6.22. The summed E-state index contributed by atoms with van der Waals surface area (Å²) in [5.41, 5.74) is 7.31. The Balaban J connectivity index is 1.61. The van der Waals surface area contributed by atoms with Crippen molar-refractivity contribution in [2.75, 3.05) is 13.1 Å². The first-order chi connectivity index (χ1) is 17.0. The van der Waals surface area contributed by atoms with Gasteiger partial charge in [0.15, 0.2) is 5.78 Å². The molecule has 35 heavy (non-hydrogen) atoms. The number of hydrogen-bond acceptors (Lipinski definition) is 4. The minimum absolute atomic E-state index is 0.205. The predicted molar refractivity (Wildman–Crippen MR) is 142 cm³/mol. The molecular weight excluding hydrogens is 430 g/mol. The van der Waals surface area contributed by atoms with Crippen molar-refractivity contribution in [2.45, 2.75) is 58.8 Å². The lowest BCUT2D eigenvalue weighted by atomic mass is 9.68. The number of carbonyl (C=O) groups is 1. The molecule has 1 atom stereocenters. The van der Waals surface area contributed by atoms with E-state index in [1.807, 2.05) is 24.3 Å². The van der Waals surface area contributed by atoms with Crippen molar-refractivity contribution in [3.63, 3.8) is 0 Å². The molecule has 2 fully saturated rings. The number of aryl methyl sites for hydroxylation is 1. The highest BCUT2D eigenvalue weighted by atomic mass is 16.1. The summed E-state index contributed by atoms with van der Waals surface area (Å²) in [5, 5.41) is 12.9. The number of nitriles is 1. The van der Waals surface area contributed by atoms with Crippen LogP contribution in [0.25, 0.3) is 11.3 Å². The third kappa shape index (κ3) is 4.88. The van der Waals surface area contributed by atoms with E-state index in [0.29, 0.717) is 17.4 Å². The van der Waals surface area contributed by atoms with E-state index >= 15 is 0 Å². The van der Waals surface area contributed by atoms with Crippen molar-refractivity contribution in [1.29, 1.82) is 5.26 Å². The molecule has 0 amide bonds. The van der Waals surface area contributed by atoms with Gasteiger partial charge in [-0.1, -0.05) is 48.9 Å². The Morgan fingerprint density at radius 2 is 1.66 bits per heavy atom. The summed E-state index contributed by atoms with van der Waals surface area (Å²) in [6, 6.07) is 18.6. The molecule has 1 saturated heterocycles. The number of rotatable bonds is 3. The van der Waals surface area contributed by atoms with Crippen molar-refractivity contribution in [2.24, 2.45) is 22.2 Å². The topological polar surface area (TPSA) is 65.2 Å². The smallest absolute Gasteiger partial charge is 0.177 e. The number of ketones is 1. The number of allylic oxidation sites excluding steroid dienone is 1. The van der Waals surface area contributed by atoms with Gasteiger partial charge in [0.1, 0.15) is 0 Å². The highest BCUT2D eigenvalue weighted by Gasteiger charge is 2.40. The highest BCUT2D eigenvalue weighted by Crippen LogP contribution is 2.45. The van der Waals surface area contributed by atoms with E-state index in [4.69, 9.17) is 4.99 Å². The number of Topliss-reactive ketones (excluding diaryl/α,β-unsaturated/α-hetero) is 1. The Morgan fingerprint density at radius 1 is 0.971 bits per heavy atom. The normalized spacial score (nSPS) is 30.9. The van der Waals surface area contributed by atoms with Gasteiger partial charge in [0.25, 0.3) is 0 Å². The van der Waals surface area contributed by atoms with Crippen molar-refractivity contribution in [3.05, 3.63) is 70.8 Å². The molecule has 1 spiro atoms. The van der Waals surface area contributed by atoms with Gasteiger partial charge in [0, 0.05) is 24.4 Å². The molecule has 5 rings (SSSR count). The van der Waals surface area contributed by atoms with Crippen LogP contribution in [0.2, 0.25) is 0 Å². The fourth-order valence-corrected chi connectivity index (χ4v) is 6.22. The summed E-state index contributed by atoms with van der Waals surface area (Å²) in [7, 11) is 0. The summed E-state index contributed by atoms with van der Waals surface area (Å²) in [6.45, 7) is 6.55. The molecule has 180 valence electrons. The van der Waals surface area contributed by atoms with E-state index in [-0.39, 0.29) is 17.6 Å². The Hall–Kier alpha value is -3.03. The van der Waals surface area contributed by atoms with Crippen molar-refractivity contribution < 1.29 is 4.79 Å². The molecule has 4 heteroatoms. The van der Waals surface area contributed by atoms with Crippen LogP contribution < -0.4 is 5.32 Å². The summed E-state index contributed by atoms with van der Waals surface area (Å²) in [6.07, 6.45) is 7.07. The SMILES string of the molecule is Cc1ccc(/C2=C(c3ccc(C#N)cc3)/N=C(/C3CCC4(CCNC4)CC3)C(=O)CCC2C)cc1. The van der Waals surface area contributed by atoms with Crippen LogP contribution in [0, 0.1) is 35.5 Å². The molecule has 1 unspecified atom stereocenters. The number of carbonyl (C=O) groups excluding carboxylic acids is 1. The molecule has 0 radical (unpaired) electrons. The number of aliphatic imine (C=N–C) groups is 1. The fraction of sp³-hybridized carbons (Fsp3) is 0.452. The van der Waals surface area contributed by atoms with E-state index in [0.717, 1.165) is 49.3 Å². The van der Waals surface area contributed by atoms with Gasteiger partial charge in [-0.15, -0.1) is 0 Å². The third-order valence-electron chi connectivity index (χ3n) is 8.49. The van der Waals surface area contributed by atoms with E-state index in [1.54, 1.807) is 0 Å². The Kier molecular flexibility index (Phi) is 6.71. The van der Waals surface area contributed by atoms with Gasteiger partial charge >= 0.3 is 0 Å². The van der Waals surface area contributed by atoms with Gasteiger partial charge in [0.2, 0.25) is 0 Å². The molecule has 4 nitrogen and oxygen atoms in total. The van der Waals surface area contributed by atoms with Crippen molar-refractivity contribution in [1.82, 2.24) is 5.32 Å². The Morgan fingerprint density at radius 3 is 2.29 bits per heavy atom. The minimum atomic E-state index is 0.205. The second-order valence-electron chi connectivity index (χ2n) is 10.9. The summed E-state index contributed by atoms with van der Waals surface area (Å²) in [4.78, 5) is 18.7. The van der Waals surface area contributed by atoms with E-state index in [1.165, 1.54) is 36.0 Å². The van der Waals surface area contributed by atoms with E-state index in [9.17, 15) is 10.1 Å². The Labute approximate surface area is 209 Å². The monoisotopic (exact) mass is 465 g/mol. The molecule has 2 aromatic carbocycles. The second-order valence-corrected chi connectivity index (χ2v) is 10.9. The van der Waals surface area contributed by atoms with Gasteiger partial charge in [-0.05, 0) is 86.6 Å². The van der Waals surface area contributed by atoms with Gasteiger partial charge < -0.3 is 5.32 Å². The number of hydrogen-bond donors (Lipinski definition) is 1. The predicted octanol–water partition coefficient (Wildman–Crippen LogP) is 6.34. The van der Waals surface area contributed by atoms with Crippen molar-refractivity contribution in [3.8, 4) is 6.07 Å². The molecular formula is C31H35N3O. The quantitative estimate of drug-likeness (QED) is 0.575. The molecule has 1 saturated carbocycles. The highest BCUT2D eigenvalue weighted by molar-refractivity contribution is 6.41. The van der Waals surface area contributed by atoms with Crippen LogP contribution >= 0.6 is 0 Å². The van der Waals surface area contributed by atoms with Crippen LogP contribution in [0.15, 0.2) is 53.5 Å². The lowest BCUT2D eigenvalue weighted by Crippen LogP contribution is -2.35. The van der Waals surface area contributed by atoms with Gasteiger partial charge in [-0.2, -0.15) is 5.26 Å². The molecule has 2 aromatic rings. The first-order valence-electron chi connectivity index (χ1n) is 13.1. The third-order valence-corrected chi connectivity index (χ3v) is 8.49. The van der Waals surface area contributed by atoms with Crippen LogP contribution in [-0.4, -0.2) is 24.6 Å². The first kappa shape index (κ1) is 23.7.